The number of carbonyl (C=O) groups excluding carboxylic acids is 1. The number of methoxy groups -OCH3 is 1. The van der Waals surface area contributed by atoms with Crippen LogP contribution in [0.1, 0.15) is 21.6 Å². The number of carbonyl (C=O) groups is 1. The van der Waals surface area contributed by atoms with Gasteiger partial charge in [-0.2, -0.15) is 0 Å². The first-order chi connectivity index (χ1) is 12.1. The number of aromatic nitrogens is 1. The summed E-state index contributed by atoms with van der Waals surface area (Å²) >= 11 is 0. The SMILES string of the molecule is COc1cc2[nH]c(C(=O)c3ccc(N)cc3C)cc2c2ccccc12. The van der Waals surface area contributed by atoms with Crippen molar-refractivity contribution in [2.24, 2.45) is 0 Å². The van der Waals surface area contributed by atoms with E-state index in [-0.39, 0.29) is 5.78 Å². The first-order valence-electron chi connectivity index (χ1n) is 8.08. The zero-order valence-electron chi connectivity index (χ0n) is 14.1. The maximum atomic E-state index is 12.9. The molecule has 0 aliphatic heterocycles. The Bertz CT molecular complexity index is 1130. The average Bonchev–Trinajstić information content (AvgIpc) is 3.05. The number of benzene rings is 3. The van der Waals surface area contributed by atoms with Gasteiger partial charge in [0.1, 0.15) is 5.75 Å². The average molecular weight is 330 g/mol. The Morgan fingerprint density at radius 3 is 2.48 bits per heavy atom. The number of H-pyrrole nitrogens is 1. The fourth-order valence-electron chi connectivity index (χ4n) is 3.33. The summed E-state index contributed by atoms with van der Waals surface area (Å²) in [5.74, 6) is 0.740. The van der Waals surface area contributed by atoms with Gasteiger partial charge in [0, 0.05) is 28.1 Å². The summed E-state index contributed by atoms with van der Waals surface area (Å²) in [5, 5.41) is 3.09. The second-order valence-electron chi connectivity index (χ2n) is 6.17. The number of anilines is 1. The van der Waals surface area contributed by atoms with Crippen LogP contribution >= 0.6 is 0 Å². The van der Waals surface area contributed by atoms with Gasteiger partial charge in [-0.3, -0.25) is 4.79 Å². The Hall–Kier alpha value is -3.27. The molecule has 3 aromatic carbocycles. The van der Waals surface area contributed by atoms with Crippen LogP contribution < -0.4 is 10.5 Å². The van der Waals surface area contributed by atoms with Crippen molar-refractivity contribution in [1.29, 1.82) is 0 Å². The highest BCUT2D eigenvalue weighted by Crippen LogP contribution is 2.34. The lowest BCUT2D eigenvalue weighted by Crippen LogP contribution is -2.04. The highest BCUT2D eigenvalue weighted by atomic mass is 16.5. The topological polar surface area (TPSA) is 68.1 Å². The molecule has 0 aliphatic rings. The summed E-state index contributed by atoms with van der Waals surface area (Å²) in [6, 6.07) is 17.2. The van der Waals surface area contributed by atoms with Gasteiger partial charge in [-0.05, 0) is 42.1 Å². The van der Waals surface area contributed by atoms with Gasteiger partial charge in [0.25, 0.3) is 0 Å². The maximum Gasteiger partial charge on any atom is 0.209 e. The maximum absolute atomic E-state index is 12.9. The van der Waals surface area contributed by atoms with Crippen molar-refractivity contribution in [1.82, 2.24) is 4.98 Å². The summed E-state index contributed by atoms with van der Waals surface area (Å²) < 4.78 is 5.50. The van der Waals surface area contributed by atoms with Crippen molar-refractivity contribution in [3.8, 4) is 5.75 Å². The Balaban J connectivity index is 1.92. The molecule has 0 saturated heterocycles. The predicted octanol–water partition coefficient (Wildman–Crippen LogP) is 4.45. The minimum atomic E-state index is -0.0447. The van der Waals surface area contributed by atoms with Gasteiger partial charge in [0.15, 0.2) is 0 Å². The summed E-state index contributed by atoms with van der Waals surface area (Å²) in [5.41, 5.74) is 9.40. The van der Waals surface area contributed by atoms with E-state index in [1.54, 1.807) is 19.2 Å². The lowest BCUT2D eigenvalue weighted by molar-refractivity contribution is 0.103. The Labute approximate surface area is 145 Å². The molecule has 4 heteroatoms. The molecule has 0 aliphatic carbocycles. The molecule has 25 heavy (non-hydrogen) atoms. The van der Waals surface area contributed by atoms with Crippen LogP contribution in [0.5, 0.6) is 5.75 Å². The number of ketones is 1. The van der Waals surface area contributed by atoms with E-state index >= 15 is 0 Å². The van der Waals surface area contributed by atoms with Crippen LogP contribution in [0.2, 0.25) is 0 Å². The molecule has 0 unspecified atom stereocenters. The number of hydrogen-bond acceptors (Lipinski definition) is 3. The molecular weight excluding hydrogens is 312 g/mol. The van der Waals surface area contributed by atoms with E-state index < -0.39 is 0 Å². The van der Waals surface area contributed by atoms with Crippen LogP contribution in [0.15, 0.2) is 54.6 Å². The second-order valence-corrected chi connectivity index (χ2v) is 6.17. The number of nitrogens with two attached hydrogens (primary N) is 1. The third-order valence-electron chi connectivity index (χ3n) is 4.57. The van der Waals surface area contributed by atoms with Gasteiger partial charge in [-0.25, -0.2) is 0 Å². The molecule has 1 heterocycles. The van der Waals surface area contributed by atoms with Crippen molar-refractivity contribution in [2.45, 2.75) is 6.92 Å². The van der Waals surface area contributed by atoms with Crippen LogP contribution in [0, 0.1) is 6.92 Å². The molecule has 124 valence electrons. The summed E-state index contributed by atoms with van der Waals surface area (Å²) in [4.78, 5) is 16.2. The fourth-order valence-corrected chi connectivity index (χ4v) is 3.33. The van der Waals surface area contributed by atoms with Crippen molar-refractivity contribution < 1.29 is 9.53 Å². The molecule has 0 atom stereocenters. The molecule has 0 spiro atoms. The zero-order chi connectivity index (χ0) is 17.6. The molecular formula is C21H18N2O2. The van der Waals surface area contributed by atoms with Gasteiger partial charge >= 0.3 is 0 Å². The standard InChI is InChI=1S/C21H18N2O2/c1-12-9-13(22)7-8-14(12)21(24)19-10-17-15-5-3-4-6-16(15)20(25-2)11-18(17)23-19/h3-11,23H,22H2,1-2H3. The lowest BCUT2D eigenvalue weighted by atomic mass is 10.0. The number of nitrogens with one attached hydrogen (secondary N) is 1. The van der Waals surface area contributed by atoms with Crippen molar-refractivity contribution in [2.75, 3.05) is 12.8 Å². The molecule has 0 radical (unpaired) electrons. The van der Waals surface area contributed by atoms with Crippen molar-refractivity contribution in [3.63, 3.8) is 0 Å². The van der Waals surface area contributed by atoms with Gasteiger partial charge < -0.3 is 15.5 Å². The summed E-state index contributed by atoms with van der Waals surface area (Å²) in [6.45, 7) is 1.89. The van der Waals surface area contributed by atoms with Gasteiger partial charge in [-0.15, -0.1) is 0 Å². The second kappa shape index (κ2) is 5.67. The first kappa shape index (κ1) is 15.3. The number of nitrogen functional groups attached to an aromatic ring is 1. The molecule has 0 fully saturated rings. The smallest absolute Gasteiger partial charge is 0.209 e. The van der Waals surface area contributed by atoms with Gasteiger partial charge in [0.2, 0.25) is 5.78 Å². The molecule has 0 saturated carbocycles. The Morgan fingerprint density at radius 1 is 1.00 bits per heavy atom. The van der Waals surface area contributed by atoms with E-state index in [2.05, 4.69) is 4.98 Å². The van der Waals surface area contributed by atoms with Gasteiger partial charge in [-0.1, -0.05) is 24.3 Å². The van der Waals surface area contributed by atoms with Crippen LogP contribution in [0.3, 0.4) is 0 Å². The normalized spacial score (nSPS) is 11.1. The van der Waals surface area contributed by atoms with E-state index in [9.17, 15) is 4.79 Å². The van der Waals surface area contributed by atoms with Crippen molar-refractivity contribution in [3.05, 3.63) is 71.4 Å². The molecule has 4 aromatic rings. The lowest BCUT2D eigenvalue weighted by Gasteiger charge is -2.06. The number of rotatable bonds is 3. The largest absolute Gasteiger partial charge is 0.496 e. The number of ether oxygens (including phenoxy) is 1. The molecule has 4 nitrogen and oxygen atoms in total. The quantitative estimate of drug-likeness (QED) is 0.431. The summed E-state index contributed by atoms with van der Waals surface area (Å²) in [7, 11) is 1.65. The minimum absolute atomic E-state index is 0.0447. The number of aryl methyl sites for hydroxylation is 1. The highest BCUT2D eigenvalue weighted by molar-refractivity contribution is 6.15. The third-order valence-corrected chi connectivity index (χ3v) is 4.57. The van der Waals surface area contributed by atoms with Gasteiger partial charge in [0.05, 0.1) is 18.3 Å². The third kappa shape index (κ3) is 2.43. The molecule has 3 N–H and O–H groups in total. The molecule has 0 amide bonds. The van der Waals surface area contributed by atoms with Crippen LogP contribution in [0.25, 0.3) is 21.7 Å². The number of aromatic amines is 1. The van der Waals surface area contributed by atoms with E-state index in [4.69, 9.17) is 10.5 Å². The van der Waals surface area contributed by atoms with E-state index in [1.165, 1.54) is 0 Å². The molecule has 0 bridgehead atoms. The zero-order valence-corrected chi connectivity index (χ0v) is 14.1. The van der Waals surface area contributed by atoms with Crippen LogP contribution in [0.4, 0.5) is 5.69 Å². The van der Waals surface area contributed by atoms with E-state index in [0.29, 0.717) is 16.9 Å². The first-order valence-corrected chi connectivity index (χ1v) is 8.08. The van der Waals surface area contributed by atoms with E-state index in [0.717, 1.165) is 33.0 Å². The highest BCUT2D eigenvalue weighted by Gasteiger charge is 2.16. The predicted molar refractivity (Wildman–Crippen MR) is 101 cm³/mol. The van der Waals surface area contributed by atoms with E-state index in [1.807, 2.05) is 49.4 Å². The number of fused-ring (bicyclic) bond motifs is 3. The fraction of sp³-hybridized carbons (Fsp3) is 0.0952. The van der Waals surface area contributed by atoms with Crippen LogP contribution in [-0.4, -0.2) is 17.9 Å². The Kier molecular flexibility index (Phi) is 3.46. The monoisotopic (exact) mass is 330 g/mol. The summed E-state index contributed by atoms with van der Waals surface area (Å²) in [6.07, 6.45) is 0. The van der Waals surface area contributed by atoms with Crippen LogP contribution in [-0.2, 0) is 0 Å². The van der Waals surface area contributed by atoms with Crippen molar-refractivity contribution >= 4 is 33.1 Å². The molecule has 4 rings (SSSR count). The Morgan fingerprint density at radius 2 is 1.76 bits per heavy atom. The molecule has 1 aromatic heterocycles. The number of hydrogen-bond donors (Lipinski definition) is 2. The minimum Gasteiger partial charge on any atom is -0.496 e.